The maximum absolute atomic E-state index is 10.1. The molecule has 0 aliphatic heterocycles. The lowest BCUT2D eigenvalue weighted by atomic mass is 10.1. The van der Waals surface area contributed by atoms with E-state index in [1.807, 2.05) is 30.3 Å². The van der Waals surface area contributed by atoms with Gasteiger partial charge in [-0.3, -0.25) is 5.10 Å². The Kier molecular flexibility index (Phi) is 3.59. The van der Waals surface area contributed by atoms with Gasteiger partial charge in [-0.05, 0) is 5.56 Å². The maximum atomic E-state index is 10.1. The molecule has 0 aliphatic carbocycles. The Morgan fingerprint density at radius 2 is 2.18 bits per heavy atom. The molecule has 0 saturated carbocycles. The van der Waals surface area contributed by atoms with Crippen LogP contribution in [0, 0.1) is 0 Å². The fourth-order valence-corrected chi connectivity index (χ4v) is 1.37. The molecule has 2 rings (SSSR count). The van der Waals surface area contributed by atoms with Crippen LogP contribution in [0.25, 0.3) is 11.1 Å². The standard InChI is InChI=1S/C11H11N5O/c17-7-6-12-16-15-11-10(8-13-14-11)9-4-2-1-3-5-9/h1-5,7-8H,6H2,(H2,12,13,14,15). The fourth-order valence-electron chi connectivity index (χ4n) is 1.37. The summed E-state index contributed by atoms with van der Waals surface area (Å²) in [6.07, 6.45) is 2.38. The molecule has 2 N–H and O–H groups in total. The maximum Gasteiger partial charge on any atom is 0.151 e. The van der Waals surface area contributed by atoms with Crippen LogP contribution in [-0.4, -0.2) is 23.0 Å². The highest BCUT2D eigenvalue weighted by Crippen LogP contribution is 2.25. The quantitative estimate of drug-likeness (QED) is 0.467. The number of rotatable bonds is 5. The highest BCUT2D eigenvalue weighted by Gasteiger charge is 2.05. The Morgan fingerprint density at radius 3 is 2.94 bits per heavy atom. The lowest BCUT2D eigenvalue weighted by molar-refractivity contribution is -0.106. The van der Waals surface area contributed by atoms with Crippen LogP contribution in [-0.2, 0) is 4.79 Å². The predicted molar refractivity (Wildman–Crippen MR) is 63.4 cm³/mol. The summed E-state index contributed by atoms with van der Waals surface area (Å²) in [5, 5.41) is 14.0. The molecule has 0 atom stereocenters. The van der Waals surface area contributed by atoms with Crippen LogP contribution in [0.5, 0.6) is 0 Å². The first kappa shape index (κ1) is 11.0. The van der Waals surface area contributed by atoms with Gasteiger partial charge in [0.15, 0.2) is 5.82 Å². The molecular weight excluding hydrogens is 218 g/mol. The first-order valence-electron chi connectivity index (χ1n) is 5.06. The summed E-state index contributed by atoms with van der Waals surface area (Å²) < 4.78 is 0. The first-order chi connectivity index (χ1) is 8.42. The first-order valence-corrected chi connectivity index (χ1v) is 5.06. The van der Waals surface area contributed by atoms with Crippen molar-refractivity contribution in [3.63, 3.8) is 0 Å². The number of aromatic amines is 1. The zero-order chi connectivity index (χ0) is 11.9. The van der Waals surface area contributed by atoms with E-state index in [0.717, 1.165) is 11.1 Å². The van der Waals surface area contributed by atoms with Gasteiger partial charge >= 0.3 is 0 Å². The van der Waals surface area contributed by atoms with Crippen LogP contribution in [0.4, 0.5) is 5.82 Å². The molecule has 0 amide bonds. The van der Waals surface area contributed by atoms with Gasteiger partial charge in [0.05, 0.1) is 6.20 Å². The molecule has 0 aliphatic rings. The van der Waals surface area contributed by atoms with E-state index >= 15 is 0 Å². The van der Waals surface area contributed by atoms with Crippen molar-refractivity contribution >= 4 is 12.1 Å². The molecule has 6 heteroatoms. The molecule has 2 aromatic rings. The van der Waals surface area contributed by atoms with Gasteiger partial charge in [0.25, 0.3) is 0 Å². The molecule has 0 radical (unpaired) electrons. The van der Waals surface area contributed by atoms with Crippen LogP contribution >= 0.6 is 0 Å². The lowest BCUT2D eigenvalue weighted by Crippen LogP contribution is -1.91. The second-order valence-corrected chi connectivity index (χ2v) is 3.23. The predicted octanol–water partition coefficient (Wildman–Crippen LogP) is 2.05. The van der Waals surface area contributed by atoms with Crippen LogP contribution in [0.2, 0.25) is 0 Å². The molecule has 86 valence electrons. The zero-order valence-corrected chi connectivity index (χ0v) is 9.00. The Labute approximate surface area is 97.7 Å². The Balaban J connectivity index is 2.15. The summed E-state index contributed by atoms with van der Waals surface area (Å²) in [4.78, 5) is 10.1. The van der Waals surface area contributed by atoms with Crippen molar-refractivity contribution in [2.75, 3.05) is 12.0 Å². The molecule has 0 fully saturated rings. The van der Waals surface area contributed by atoms with Gasteiger partial charge in [-0.1, -0.05) is 35.6 Å². The number of hydrogen-bond donors (Lipinski definition) is 2. The molecule has 17 heavy (non-hydrogen) atoms. The minimum atomic E-state index is 0.0435. The number of anilines is 1. The average molecular weight is 229 g/mol. The molecule has 1 aromatic carbocycles. The molecule has 0 saturated heterocycles. The van der Waals surface area contributed by atoms with Gasteiger partial charge in [0.2, 0.25) is 0 Å². The summed E-state index contributed by atoms with van der Waals surface area (Å²) >= 11 is 0. The van der Waals surface area contributed by atoms with Gasteiger partial charge in [-0.2, -0.15) is 10.2 Å². The van der Waals surface area contributed by atoms with E-state index in [4.69, 9.17) is 0 Å². The molecule has 1 heterocycles. The normalized spacial score (nSPS) is 10.6. The van der Waals surface area contributed by atoms with Crippen LogP contribution in [0.3, 0.4) is 0 Å². The zero-order valence-electron chi connectivity index (χ0n) is 9.00. The van der Waals surface area contributed by atoms with Gasteiger partial charge in [0, 0.05) is 5.56 Å². The van der Waals surface area contributed by atoms with Crippen molar-refractivity contribution in [1.82, 2.24) is 10.2 Å². The second kappa shape index (κ2) is 5.55. The topological polar surface area (TPSA) is 82.5 Å². The SMILES string of the molecule is O=CCN=NNc1[nH]ncc1-c1ccccc1. The third kappa shape index (κ3) is 2.75. The number of aromatic nitrogens is 2. The number of nitrogens with zero attached hydrogens (tertiary/aromatic N) is 3. The van der Waals surface area contributed by atoms with Crippen molar-refractivity contribution in [3.8, 4) is 11.1 Å². The molecule has 0 bridgehead atoms. The minimum Gasteiger partial charge on any atom is -0.301 e. The van der Waals surface area contributed by atoms with Crippen molar-refractivity contribution in [2.45, 2.75) is 0 Å². The number of nitrogens with one attached hydrogen (secondary N) is 2. The number of H-pyrrole nitrogens is 1. The Hall–Kier alpha value is -2.50. The number of aldehydes is 1. The van der Waals surface area contributed by atoms with Crippen molar-refractivity contribution in [3.05, 3.63) is 36.5 Å². The van der Waals surface area contributed by atoms with E-state index in [1.165, 1.54) is 0 Å². The van der Waals surface area contributed by atoms with Crippen molar-refractivity contribution < 1.29 is 4.79 Å². The molecule has 0 spiro atoms. The average Bonchev–Trinajstić information content (AvgIpc) is 2.84. The molecule has 1 aromatic heterocycles. The number of carbonyl (C=O) groups is 1. The lowest BCUT2D eigenvalue weighted by Gasteiger charge is -2.00. The summed E-state index contributed by atoms with van der Waals surface area (Å²) in [6.45, 7) is 0.0435. The van der Waals surface area contributed by atoms with Crippen LogP contribution in [0.1, 0.15) is 0 Å². The third-order valence-corrected chi connectivity index (χ3v) is 2.11. The number of carbonyl (C=O) groups excluding carboxylic acids is 1. The highest BCUT2D eigenvalue weighted by molar-refractivity contribution is 5.74. The van der Waals surface area contributed by atoms with Crippen LogP contribution < -0.4 is 5.43 Å². The van der Waals surface area contributed by atoms with Gasteiger partial charge in [-0.15, -0.1) is 0 Å². The summed E-state index contributed by atoms with van der Waals surface area (Å²) in [7, 11) is 0. The second-order valence-electron chi connectivity index (χ2n) is 3.23. The fraction of sp³-hybridized carbons (Fsp3) is 0.0909. The summed E-state index contributed by atoms with van der Waals surface area (Å²) in [6, 6.07) is 9.78. The van der Waals surface area contributed by atoms with E-state index in [-0.39, 0.29) is 6.54 Å². The van der Waals surface area contributed by atoms with Gasteiger partial charge < -0.3 is 4.79 Å². The van der Waals surface area contributed by atoms with E-state index < -0.39 is 0 Å². The van der Waals surface area contributed by atoms with Crippen molar-refractivity contribution in [2.24, 2.45) is 10.3 Å². The summed E-state index contributed by atoms with van der Waals surface area (Å²) in [5.41, 5.74) is 4.63. The van der Waals surface area contributed by atoms with Gasteiger partial charge in [0.1, 0.15) is 12.8 Å². The van der Waals surface area contributed by atoms with Gasteiger partial charge in [-0.25, -0.2) is 5.43 Å². The minimum absolute atomic E-state index is 0.0435. The number of benzene rings is 1. The monoisotopic (exact) mass is 229 g/mol. The smallest absolute Gasteiger partial charge is 0.151 e. The van der Waals surface area contributed by atoms with E-state index in [9.17, 15) is 4.79 Å². The number of hydrogen-bond acceptors (Lipinski definition) is 4. The van der Waals surface area contributed by atoms with E-state index in [2.05, 4.69) is 26.0 Å². The van der Waals surface area contributed by atoms with E-state index in [1.54, 1.807) is 6.20 Å². The Bertz CT molecular complexity index is 506. The third-order valence-electron chi connectivity index (χ3n) is 2.11. The van der Waals surface area contributed by atoms with Crippen molar-refractivity contribution in [1.29, 1.82) is 0 Å². The summed E-state index contributed by atoms with van der Waals surface area (Å²) in [5.74, 6) is 0.644. The van der Waals surface area contributed by atoms with E-state index in [0.29, 0.717) is 12.1 Å². The molecule has 6 nitrogen and oxygen atoms in total. The molecular formula is C11H11N5O. The Morgan fingerprint density at radius 1 is 1.35 bits per heavy atom. The highest BCUT2D eigenvalue weighted by atomic mass is 16.1. The van der Waals surface area contributed by atoms with Crippen LogP contribution in [0.15, 0.2) is 46.9 Å². The largest absolute Gasteiger partial charge is 0.301 e. The molecule has 0 unspecified atom stereocenters.